The van der Waals surface area contributed by atoms with Gasteiger partial charge in [-0.2, -0.15) is 0 Å². The molecule has 15 heavy (non-hydrogen) atoms. The monoisotopic (exact) mass is 217 g/mol. The molecule has 3 heteroatoms. The molecule has 2 N–H and O–H groups in total. The third kappa shape index (κ3) is 1.78. The summed E-state index contributed by atoms with van der Waals surface area (Å²) in [6.07, 6.45) is 0. The van der Waals surface area contributed by atoms with Crippen molar-refractivity contribution >= 4 is 22.8 Å². The predicted octanol–water partition coefficient (Wildman–Crippen LogP) is 2.87. The van der Waals surface area contributed by atoms with Crippen molar-refractivity contribution in [3.05, 3.63) is 51.7 Å². The summed E-state index contributed by atoms with van der Waals surface area (Å²) in [5.41, 5.74) is 7.91. The smallest absolute Gasteiger partial charge is 0.205 e. The Balaban J connectivity index is 2.51. The molecule has 0 fully saturated rings. The second-order valence-corrected chi connectivity index (χ2v) is 4.29. The number of benzene rings is 1. The Morgan fingerprint density at radius 1 is 1.27 bits per heavy atom. The minimum Gasteiger partial charge on any atom is -0.398 e. The maximum Gasteiger partial charge on any atom is 0.205 e. The third-order valence-corrected chi connectivity index (χ3v) is 3.15. The number of nitrogens with two attached hydrogens (primary N) is 1. The first-order chi connectivity index (χ1) is 7.20. The van der Waals surface area contributed by atoms with Gasteiger partial charge in [0.2, 0.25) is 5.78 Å². The molecule has 0 bridgehead atoms. The van der Waals surface area contributed by atoms with Crippen LogP contribution >= 0.6 is 11.3 Å². The Kier molecular flexibility index (Phi) is 2.56. The van der Waals surface area contributed by atoms with Crippen molar-refractivity contribution in [2.75, 3.05) is 5.73 Å². The van der Waals surface area contributed by atoms with Crippen LogP contribution in [-0.2, 0) is 0 Å². The summed E-state index contributed by atoms with van der Waals surface area (Å²) in [6.45, 7) is 1.90. The fourth-order valence-electron chi connectivity index (χ4n) is 1.53. The van der Waals surface area contributed by atoms with Gasteiger partial charge in [0.1, 0.15) is 0 Å². The number of carbonyl (C=O) groups excluding carboxylic acids is 1. The second kappa shape index (κ2) is 3.87. The maximum atomic E-state index is 12.1. The van der Waals surface area contributed by atoms with Gasteiger partial charge in [-0.3, -0.25) is 4.79 Å². The lowest BCUT2D eigenvalue weighted by atomic mass is 10.0. The van der Waals surface area contributed by atoms with Crippen LogP contribution < -0.4 is 5.73 Å². The number of nitrogen functional groups attached to an aromatic ring is 1. The van der Waals surface area contributed by atoms with E-state index in [0.717, 1.165) is 10.4 Å². The van der Waals surface area contributed by atoms with Crippen molar-refractivity contribution in [3.8, 4) is 0 Å². The highest BCUT2D eigenvalue weighted by Gasteiger charge is 2.14. The van der Waals surface area contributed by atoms with Crippen LogP contribution in [0.3, 0.4) is 0 Å². The molecule has 0 unspecified atom stereocenters. The van der Waals surface area contributed by atoms with Crippen molar-refractivity contribution < 1.29 is 4.79 Å². The zero-order chi connectivity index (χ0) is 10.8. The average Bonchev–Trinajstić information content (AvgIpc) is 2.69. The lowest BCUT2D eigenvalue weighted by Gasteiger charge is -2.06. The number of ketones is 1. The van der Waals surface area contributed by atoms with Crippen molar-refractivity contribution in [2.24, 2.45) is 0 Å². The van der Waals surface area contributed by atoms with E-state index in [1.807, 2.05) is 36.6 Å². The molecule has 0 atom stereocenters. The lowest BCUT2D eigenvalue weighted by molar-refractivity contribution is 0.104. The van der Waals surface area contributed by atoms with Crippen molar-refractivity contribution in [3.63, 3.8) is 0 Å². The lowest BCUT2D eigenvalue weighted by Crippen LogP contribution is -2.05. The molecule has 0 aliphatic rings. The van der Waals surface area contributed by atoms with Gasteiger partial charge < -0.3 is 5.73 Å². The molecule has 76 valence electrons. The highest BCUT2D eigenvalue weighted by molar-refractivity contribution is 7.12. The Morgan fingerprint density at radius 2 is 2.07 bits per heavy atom. The molecular weight excluding hydrogens is 206 g/mol. The van der Waals surface area contributed by atoms with Crippen LogP contribution in [-0.4, -0.2) is 5.78 Å². The van der Waals surface area contributed by atoms with Gasteiger partial charge in [0, 0.05) is 11.3 Å². The minimum atomic E-state index is 0.0144. The normalized spacial score (nSPS) is 10.2. The van der Waals surface area contributed by atoms with Gasteiger partial charge >= 0.3 is 0 Å². The summed E-state index contributed by atoms with van der Waals surface area (Å²) < 4.78 is 0. The molecule has 0 spiro atoms. The molecule has 0 amide bonds. The van der Waals surface area contributed by atoms with Crippen LogP contribution in [0.1, 0.15) is 20.8 Å². The third-order valence-electron chi connectivity index (χ3n) is 2.28. The van der Waals surface area contributed by atoms with Crippen molar-refractivity contribution in [1.82, 2.24) is 0 Å². The Bertz CT molecular complexity index is 468. The molecule has 1 heterocycles. The van der Waals surface area contributed by atoms with Crippen LogP contribution in [0.5, 0.6) is 0 Å². The summed E-state index contributed by atoms with van der Waals surface area (Å²) in [7, 11) is 0. The van der Waals surface area contributed by atoms with Gasteiger partial charge in [-0.1, -0.05) is 18.2 Å². The molecular formula is C12H11NOS. The van der Waals surface area contributed by atoms with Crippen LogP contribution in [0.4, 0.5) is 5.69 Å². The summed E-state index contributed by atoms with van der Waals surface area (Å²) in [5, 5.41) is 1.89. The summed E-state index contributed by atoms with van der Waals surface area (Å²) >= 11 is 1.44. The van der Waals surface area contributed by atoms with Gasteiger partial charge in [-0.15, -0.1) is 11.3 Å². The Labute approximate surface area is 92.4 Å². The molecule has 0 saturated carbocycles. The van der Waals surface area contributed by atoms with Gasteiger partial charge in [0.25, 0.3) is 0 Å². The molecule has 0 saturated heterocycles. The number of thiophene rings is 1. The SMILES string of the molecule is Cc1cccc(N)c1C(=O)c1cccs1. The van der Waals surface area contributed by atoms with E-state index >= 15 is 0 Å². The van der Waals surface area contributed by atoms with E-state index in [4.69, 9.17) is 5.73 Å². The van der Waals surface area contributed by atoms with Crippen LogP contribution in [0, 0.1) is 6.92 Å². The van der Waals surface area contributed by atoms with Crippen LogP contribution in [0.25, 0.3) is 0 Å². The molecule has 0 aliphatic heterocycles. The largest absolute Gasteiger partial charge is 0.398 e. The number of hydrogen-bond donors (Lipinski definition) is 1. The molecule has 0 radical (unpaired) electrons. The molecule has 2 nitrogen and oxygen atoms in total. The predicted molar refractivity (Wildman–Crippen MR) is 63.3 cm³/mol. The van der Waals surface area contributed by atoms with Gasteiger partial charge in [0.15, 0.2) is 0 Å². The summed E-state index contributed by atoms with van der Waals surface area (Å²) in [5.74, 6) is 0.0144. The zero-order valence-corrected chi connectivity index (χ0v) is 9.17. The Hall–Kier alpha value is -1.61. The standard InChI is InChI=1S/C12H11NOS/c1-8-4-2-5-9(13)11(8)12(14)10-6-3-7-15-10/h2-7H,13H2,1H3. The number of carbonyl (C=O) groups is 1. The first-order valence-corrected chi connectivity index (χ1v) is 5.51. The van der Waals surface area contributed by atoms with E-state index < -0.39 is 0 Å². The van der Waals surface area contributed by atoms with Gasteiger partial charge in [0.05, 0.1) is 4.88 Å². The summed E-state index contributed by atoms with van der Waals surface area (Å²) in [6, 6.07) is 9.20. The minimum absolute atomic E-state index is 0.0144. The molecule has 2 aromatic rings. The van der Waals surface area contributed by atoms with Crippen LogP contribution in [0.2, 0.25) is 0 Å². The maximum absolute atomic E-state index is 12.1. The highest BCUT2D eigenvalue weighted by atomic mass is 32.1. The van der Waals surface area contributed by atoms with Crippen molar-refractivity contribution in [1.29, 1.82) is 0 Å². The first kappa shape index (κ1) is 9.93. The number of anilines is 1. The van der Waals surface area contributed by atoms with E-state index in [1.165, 1.54) is 11.3 Å². The topological polar surface area (TPSA) is 43.1 Å². The fraction of sp³-hybridized carbons (Fsp3) is 0.0833. The van der Waals surface area contributed by atoms with E-state index in [9.17, 15) is 4.79 Å². The number of rotatable bonds is 2. The highest BCUT2D eigenvalue weighted by Crippen LogP contribution is 2.22. The van der Waals surface area contributed by atoms with Crippen LogP contribution in [0.15, 0.2) is 35.7 Å². The van der Waals surface area contributed by atoms with E-state index in [1.54, 1.807) is 6.07 Å². The molecule has 0 aliphatic carbocycles. The Morgan fingerprint density at radius 3 is 2.67 bits per heavy atom. The van der Waals surface area contributed by atoms with E-state index in [2.05, 4.69) is 0 Å². The number of aryl methyl sites for hydroxylation is 1. The number of hydrogen-bond acceptors (Lipinski definition) is 3. The molecule has 1 aromatic carbocycles. The first-order valence-electron chi connectivity index (χ1n) is 4.63. The zero-order valence-electron chi connectivity index (χ0n) is 8.36. The molecule has 1 aromatic heterocycles. The summed E-state index contributed by atoms with van der Waals surface area (Å²) in [4.78, 5) is 12.8. The van der Waals surface area contributed by atoms with E-state index in [-0.39, 0.29) is 5.78 Å². The average molecular weight is 217 g/mol. The van der Waals surface area contributed by atoms with E-state index in [0.29, 0.717) is 11.3 Å². The van der Waals surface area contributed by atoms with Crippen molar-refractivity contribution in [2.45, 2.75) is 6.92 Å². The fourth-order valence-corrected chi connectivity index (χ4v) is 2.20. The quantitative estimate of drug-likeness (QED) is 0.621. The van der Waals surface area contributed by atoms with Gasteiger partial charge in [-0.05, 0) is 30.0 Å². The second-order valence-electron chi connectivity index (χ2n) is 3.35. The molecule has 2 rings (SSSR count). The van der Waals surface area contributed by atoms with Gasteiger partial charge in [-0.25, -0.2) is 0 Å².